The van der Waals surface area contributed by atoms with E-state index in [4.69, 9.17) is 0 Å². The van der Waals surface area contributed by atoms with Crippen LogP contribution in [0.2, 0.25) is 0 Å². The third-order valence-electron chi connectivity index (χ3n) is 2.32. The van der Waals surface area contributed by atoms with Crippen molar-refractivity contribution in [3.8, 4) is 5.75 Å². The van der Waals surface area contributed by atoms with Crippen molar-refractivity contribution in [2.45, 2.75) is 0 Å². The van der Waals surface area contributed by atoms with Gasteiger partial charge in [-0.05, 0) is 6.07 Å². The Morgan fingerprint density at radius 1 is 1.13 bits per heavy atom. The third kappa shape index (κ3) is 1.44. The first-order chi connectivity index (χ1) is 6.86. The molecule has 0 unspecified atom stereocenters. The Morgan fingerprint density at radius 2 is 1.87 bits per heavy atom. The highest BCUT2D eigenvalue weighted by Crippen LogP contribution is 2.33. The number of hydrogen-bond acceptors (Lipinski definition) is 3. The lowest BCUT2D eigenvalue weighted by molar-refractivity contribution is 0.482. The van der Waals surface area contributed by atoms with Crippen LogP contribution in [0.25, 0.3) is 21.0 Å². The van der Waals surface area contributed by atoms with Crippen LogP contribution in [0.5, 0.6) is 5.75 Å². The summed E-state index contributed by atoms with van der Waals surface area (Å²) in [6.07, 6.45) is 0. The molecule has 0 aliphatic rings. The molecule has 3 rings (SSSR count). The molecule has 0 amide bonds. The van der Waals surface area contributed by atoms with Crippen molar-refractivity contribution >= 4 is 44.7 Å². The maximum atomic E-state index is 9.77. The molecular formula is C11H8ClNOS. The van der Waals surface area contributed by atoms with E-state index in [1.54, 1.807) is 22.9 Å². The van der Waals surface area contributed by atoms with Crippen LogP contribution >= 0.6 is 23.7 Å². The Kier molecular flexibility index (Phi) is 2.50. The van der Waals surface area contributed by atoms with Gasteiger partial charge in [0.2, 0.25) is 0 Å². The molecule has 15 heavy (non-hydrogen) atoms. The molecule has 0 bridgehead atoms. The fourth-order valence-electron chi connectivity index (χ4n) is 1.67. The summed E-state index contributed by atoms with van der Waals surface area (Å²) in [4.78, 5) is 4.30. The van der Waals surface area contributed by atoms with Crippen molar-refractivity contribution in [1.29, 1.82) is 0 Å². The van der Waals surface area contributed by atoms with Gasteiger partial charge in [0.15, 0.2) is 0 Å². The zero-order valence-corrected chi connectivity index (χ0v) is 9.31. The molecule has 0 atom stereocenters. The molecule has 1 N–H and O–H groups in total. The molecule has 0 aliphatic heterocycles. The SMILES string of the molecule is Cl.Oc1cc2scnc2c2ccccc12. The summed E-state index contributed by atoms with van der Waals surface area (Å²) in [5.74, 6) is 0.331. The van der Waals surface area contributed by atoms with Crippen LogP contribution in [0, 0.1) is 0 Å². The predicted molar refractivity (Wildman–Crippen MR) is 66.0 cm³/mol. The minimum atomic E-state index is 0. The second-order valence-corrected chi connectivity index (χ2v) is 4.03. The first-order valence-corrected chi connectivity index (χ1v) is 5.18. The van der Waals surface area contributed by atoms with Gasteiger partial charge in [0.25, 0.3) is 0 Å². The summed E-state index contributed by atoms with van der Waals surface area (Å²) in [5, 5.41) is 11.7. The molecular weight excluding hydrogens is 230 g/mol. The summed E-state index contributed by atoms with van der Waals surface area (Å²) in [7, 11) is 0. The number of fused-ring (bicyclic) bond motifs is 3. The Hall–Kier alpha value is -1.32. The van der Waals surface area contributed by atoms with E-state index in [2.05, 4.69) is 4.98 Å². The number of rotatable bonds is 0. The van der Waals surface area contributed by atoms with Gasteiger partial charge < -0.3 is 5.11 Å². The van der Waals surface area contributed by atoms with Crippen LogP contribution in [0.4, 0.5) is 0 Å². The number of phenols is 1. The molecule has 0 aliphatic carbocycles. The molecule has 1 heterocycles. The highest BCUT2D eigenvalue weighted by Gasteiger charge is 2.06. The van der Waals surface area contributed by atoms with E-state index in [0.29, 0.717) is 5.75 Å². The van der Waals surface area contributed by atoms with Gasteiger partial charge >= 0.3 is 0 Å². The van der Waals surface area contributed by atoms with Gasteiger partial charge in [0, 0.05) is 10.8 Å². The summed E-state index contributed by atoms with van der Waals surface area (Å²) in [6, 6.07) is 9.54. The highest BCUT2D eigenvalue weighted by atomic mass is 35.5. The van der Waals surface area contributed by atoms with Gasteiger partial charge in [-0.25, -0.2) is 4.98 Å². The molecule has 0 saturated heterocycles. The van der Waals surface area contributed by atoms with Crippen molar-refractivity contribution in [3.63, 3.8) is 0 Å². The molecule has 0 saturated carbocycles. The van der Waals surface area contributed by atoms with Gasteiger partial charge in [-0.2, -0.15) is 0 Å². The number of nitrogens with zero attached hydrogens (tertiary/aromatic N) is 1. The van der Waals surface area contributed by atoms with Crippen LogP contribution < -0.4 is 0 Å². The van der Waals surface area contributed by atoms with Crippen molar-refractivity contribution in [3.05, 3.63) is 35.8 Å². The molecule has 0 spiro atoms. The molecule has 3 aromatic rings. The van der Waals surface area contributed by atoms with Crippen LogP contribution in [-0.2, 0) is 0 Å². The Morgan fingerprint density at radius 3 is 2.67 bits per heavy atom. The predicted octanol–water partition coefficient (Wildman–Crippen LogP) is 3.58. The third-order valence-corrected chi connectivity index (χ3v) is 3.10. The van der Waals surface area contributed by atoms with Gasteiger partial charge in [-0.3, -0.25) is 0 Å². The average molecular weight is 238 g/mol. The maximum absolute atomic E-state index is 9.77. The van der Waals surface area contributed by atoms with E-state index in [1.807, 2.05) is 24.3 Å². The fraction of sp³-hybridized carbons (Fsp3) is 0. The minimum absolute atomic E-state index is 0. The van der Waals surface area contributed by atoms with Gasteiger partial charge in [0.05, 0.1) is 15.7 Å². The van der Waals surface area contributed by atoms with Gasteiger partial charge in [0.1, 0.15) is 5.75 Å². The largest absolute Gasteiger partial charge is 0.507 e. The van der Waals surface area contributed by atoms with E-state index in [1.165, 1.54) is 0 Å². The van der Waals surface area contributed by atoms with Gasteiger partial charge in [-0.15, -0.1) is 23.7 Å². The van der Waals surface area contributed by atoms with Crippen molar-refractivity contribution < 1.29 is 5.11 Å². The molecule has 2 aromatic carbocycles. The van der Waals surface area contributed by atoms with Gasteiger partial charge in [-0.1, -0.05) is 24.3 Å². The standard InChI is InChI=1S/C11H7NOS.ClH/c13-9-5-10-11(12-6-14-10)8-4-2-1-3-7(8)9;/h1-6,13H;1H. The zero-order valence-electron chi connectivity index (χ0n) is 7.68. The van der Waals surface area contributed by atoms with Crippen molar-refractivity contribution in [2.24, 2.45) is 0 Å². The van der Waals surface area contributed by atoms with Crippen LogP contribution in [0.3, 0.4) is 0 Å². The van der Waals surface area contributed by atoms with E-state index in [0.717, 1.165) is 21.0 Å². The molecule has 76 valence electrons. The average Bonchev–Trinajstić information content (AvgIpc) is 2.66. The van der Waals surface area contributed by atoms with E-state index in [-0.39, 0.29) is 12.4 Å². The number of aromatic nitrogens is 1. The molecule has 1 aromatic heterocycles. The smallest absolute Gasteiger partial charge is 0.124 e. The Balaban J connectivity index is 0.000000853. The summed E-state index contributed by atoms with van der Waals surface area (Å²) < 4.78 is 1.03. The Labute approximate surface area is 96.6 Å². The number of phenolic OH excluding ortho intramolecular Hbond substituents is 1. The first-order valence-electron chi connectivity index (χ1n) is 4.30. The number of aromatic hydroxyl groups is 1. The second-order valence-electron chi connectivity index (χ2n) is 3.14. The topological polar surface area (TPSA) is 33.1 Å². The number of halogens is 1. The van der Waals surface area contributed by atoms with Crippen LogP contribution in [0.15, 0.2) is 35.8 Å². The summed E-state index contributed by atoms with van der Waals surface area (Å²) in [6.45, 7) is 0. The van der Waals surface area contributed by atoms with Crippen LogP contribution in [-0.4, -0.2) is 10.1 Å². The fourth-order valence-corrected chi connectivity index (χ4v) is 2.40. The molecule has 2 nitrogen and oxygen atoms in total. The second kappa shape index (κ2) is 3.68. The maximum Gasteiger partial charge on any atom is 0.124 e. The summed E-state index contributed by atoms with van der Waals surface area (Å²) >= 11 is 1.55. The lowest BCUT2D eigenvalue weighted by Gasteiger charge is -2.00. The Bertz CT molecular complexity index is 620. The van der Waals surface area contributed by atoms with E-state index in [9.17, 15) is 5.11 Å². The minimum Gasteiger partial charge on any atom is -0.507 e. The summed E-state index contributed by atoms with van der Waals surface area (Å²) in [5.41, 5.74) is 2.78. The molecule has 0 radical (unpaired) electrons. The zero-order chi connectivity index (χ0) is 9.54. The van der Waals surface area contributed by atoms with Crippen molar-refractivity contribution in [1.82, 2.24) is 4.98 Å². The first kappa shape index (κ1) is 10.2. The molecule has 4 heteroatoms. The molecule has 0 fully saturated rings. The number of benzene rings is 2. The quantitative estimate of drug-likeness (QED) is 0.648. The monoisotopic (exact) mass is 237 g/mol. The lowest BCUT2D eigenvalue weighted by atomic mass is 10.1. The lowest BCUT2D eigenvalue weighted by Crippen LogP contribution is -1.75. The normalized spacial score (nSPS) is 10.4. The van der Waals surface area contributed by atoms with E-state index < -0.39 is 0 Å². The van der Waals surface area contributed by atoms with E-state index >= 15 is 0 Å². The van der Waals surface area contributed by atoms with Crippen molar-refractivity contribution in [2.75, 3.05) is 0 Å². The van der Waals surface area contributed by atoms with Crippen LogP contribution in [0.1, 0.15) is 0 Å². The number of hydrogen-bond donors (Lipinski definition) is 1. The highest BCUT2D eigenvalue weighted by molar-refractivity contribution is 7.16. The number of thiazole rings is 1.